The van der Waals surface area contributed by atoms with Crippen molar-refractivity contribution in [1.82, 2.24) is 4.98 Å². The van der Waals surface area contributed by atoms with Gasteiger partial charge < -0.3 is 9.47 Å². The highest BCUT2D eigenvalue weighted by molar-refractivity contribution is 9.08. The summed E-state index contributed by atoms with van der Waals surface area (Å²) in [5.74, 6) is 1.68. The lowest BCUT2D eigenvalue weighted by Crippen LogP contribution is -1.98. The van der Waals surface area contributed by atoms with E-state index in [4.69, 9.17) is 9.47 Å². The summed E-state index contributed by atoms with van der Waals surface area (Å²) in [5, 5.41) is 1.70. The highest BCUT2D eigenvalue weighted by Crippen LogP contribution is 2.28. The van der Waals surface area contributed by atoms with Gasteiger partial charge in [0.2, 0.25) is 0 Å². The quantitative estimate of drug-likeness (QED) is 0.611. The number of hydrogen-bond acceptors (Lipinski definition) is 4. The van der Waals surface area contributed by atoms with Gasteiger partial charge in [-0.15, -0.1) is 11.3 Å². The van der Waals surface area contributed by atoms with Crippen molar-refractivity contribution in [3.8, 4) is 11.5 Å². The average molecular weight is 364 g/mol. The molecule has 0 aliphatic carbocycles. The second-order valence-electron chi connectivity index (χ2n) is 4.47. The van der Waals surface area contributed by atoms with Crippen LogP contribution in [0.4, 0.5) is 0 Å². The number of para-hydroxylation sites is 1. The highest BCUT2D eigenvalue weighted by Gasteiger charge is 2.08. The summed E-state index contributed by atoms with van der Waals surface area (Å²) in [5.41, 5.74) is 2.09. The Bertz CT molecular complexity index is 724. The fraction of sp³-hybridized carbons (Fsp3) is 0.188. The van der Waals surface area contributed by atoms with Gasteiger partial charge in [0.05, 0.1) is 17.3 Å². The van der Waals surface area contributed by atoms with Crippen molar-refractivity contribution < 1.29 is 9.47 Å². The zero-order valence-electron chi connectivity index (χ0n) is 11.5. The molecule has 0 bridgehead atoms. The Hall–Kier alpha value is -1.59. The van der Waals surface area contributed by atoms with Gasteiger partial charge in [0.1, 0.15) is 23.1 Å². The van der Waals surface area contributed by atoms with Crippen LogP contribution in [0.3, 0.4) is 0 Å². The summed E-state index contributed by atoms with van der Waals surface area (Å²) in [6.45, 7) is 0.478. The van der Waals surface area contributed by atoms with Crippen molar-refractivity contribution in [2.24, 2.45) is 0 Å². The number of thiazole rings is 1. The Kier molecular flexibility index (Phi) is 4.41. The van der Waals surface area contributed by atoms with Gasteiger partial charge in [0.15, 0.2) is 0 Å². The van der Waals surface area contributed by atoms with Crippen molar-refractivity contribution in [2.45, 2.75) is 11.9 Å². The van der Waals surface area contributed by atoms with E-state index in [2.05, 4.69) is 27.0 Å². The number of fused-ring (bicyclic) bond motifs is 1. The van der Waals surface area contributed by atoms with E-state index in [1.54, 1.807) is 18.4 Å². The van der Waals surface area contributed by atoms with Crippen LogP contribution in [0, 0.1) is 0 Å². The van der Waals surface area contributed by atoms with Crippen LogP contribution in [0.15, 0.2) is 42.5 Å². The van der Waals surface area contributed by atoms with E-state index >= 15 is 0 Å². The summed E-state index contributed by atoms with van der Waals surface area (Å²) < 4.78 is 12.3. The molecule has 108 valence electrons. The first-order valence-electron chi connectivity index (χ1n) is 6.50. The number of halogens is 1. The number of hydrogen-bond donors (Lipinski definition) is 0. The van der Waals surface area contributed by atoms with Crippen molar-refractivity contribution >= 4 is 37.5 Å². The number of nitrogens with zero attached hydrogens (tertiary/aromatic N) is 1. The molecule has 0 atom stereocenters. The molecular formula is C16H14BrNO2S. The van der Waals surface area contributed by atoms with Gasteiger partial charge in [0, 0.05) is 10.9 Å². The summed E-state index contributed by atoms with van der Waals surface area (Å²) in [6, 6.07) is 13.9. The molecule has 0 aliphatic rings. The lowest BCUT2D eigenvalue weighted by Gasteiger charge is -2.10. The molecule has 1 aromatic heterocycles. The maximum atomic E-state index is 5.91. The van der Waals surface area contributed by atoms with Crippen LogP contribution in [0.1, 0.15) is 10.6 Å². The van der Waals surface area contributed by atoms with Gasteiger partial charge in [0.25, 0.3) is 0 Å². The van der Waals surface area contributed by atoms with Gasteiger partial charge in [-0.1, -0.05) is 28.1 Å². The molecule has 3 nitrogen and oxygen atoms in total. The molecule has 0 radical (unpaired) electrons. The maximum Gasteiger partial charge on any atom is 0.140 e. The standard InChI is InChI=1S/C16H14BrNO2S/c1-19-12-6-7-14(11(8-12)9-17)20-10-16-18-13-4-2-3-5-15(13)21-16/h2-8H,9-10H2,1H3. The topological polar surface area (TPSA) is 31.4 Å². The normalized spacial score (nSPS) is 10.8. The van der Waals surface area contributed by atoms with E-state index in [0.717, 1.165) is 32.9 Å². The van der Waals surface area contributed by atoms with E-state index in [9.17, 15) is 0 Å². The van der Waals surface area contributed by atoms with Crippen LogP contribution >= 0.6 is 27.3 Å². The summed E-state index contributed by atoms with van der Waals surface area (Å²) >= 11 is 5.14. The highest BCUT2D eigenvalue weighted by atomic mass is 79.9. The van der Waals surface area contributed by atoms with Gasteiger partial charge in [-0.3, -0.25) is 0 Å². The molecule has 3 rings (SSSR count). The summed E-state index contributed by atoms with van der Waals surface area (Å²) in [6.07, 6.45) is 0. The third-order valence-electron chi connectivity index (χ3n) is 3.10. The van der Waals surface area contributed by atoms with Crippen LogP contribution in [0.2, 0.25) is 0 Å². The van der Waals surface area contributed by atoms with E-state index in [0.29, 0.717) is 6.61 Å². The Morgan fingerprint density at radius 3 is 2.81 bits per heavy atom. The molecule has 0 amide bonds. The number of ether oxygens (including phenoxy) is 2. The molecule has 1 heterocycles. The number of benzene rings is 2. The van der Waals surface area contributed by atoms with Gasteiger partial charge in [-0.2, -0.15) is 0 Å². The number of alkyl halides is 1. The average Bonchev–Trinajstić information content (AvgIpc) is 2.95. The molecular weight excluding hydrogens is 350 g/mol. The van der Waals surface area contributed by atoms with Crippen molar-refractivity contribution in [1.29, 1.82) is 0 Å². The Morgan fingerprint density at radius 1 is 1.19 bits per heavy atom. The largest absolute Gasteiger partial charge is 0.497 e. The minimum atomic E-state index is 0.478. The second kappa shape index (κ2) is 6.45. The summed E-state index contributed by atoms with van der Waals surface area (Å²) in [7, 11) is 1.66. The molecule has 0 fully saturated rings. The zero-order chi connectivity index (χ0) is 14.7. The van der Waals surface area contributed by atoms with E-state index in [1.165, 1.54) is 4.70 Å². The lowest BCUT2D eigenvalue weighted by molar-refractivity contribution is 0.302. The lowest BCUT2D eigenvalue weighted by atomic mass is 10.2. The van der Waals surface area contributed by atoms with Crippen LogP contribution < -0.4 is 9.47 Å². The molecule has 0 aliphatic heterocycles. The Morgan fingerprint density at radius 2 is 2.05 bits per heavy atom. The molecule has 2 aromatic carbocycles. The molecule has 0 spiro atoms. The van der Waals surface area contributed by atoms with Crippen molar-refractivity contribution in [3.63, 3.8) is 0 Å². The van der Waals surface area contributed by atoms with Gasteiger partial charge in [-0.25, -0.2) is 4.98 Å². The SMILES string of the molecule is COc1ccc(OCc2nc3ccccc3s2)c(CBr)c1. The molecule has 0 unspecified atom stereocenters. The third kappa shape index (κ3) is 3.19. The Labute approximate surface area is 135 Å². The number of aromatic nitrogens is 1. The van der Waals surface area contributed by atoms with Crippen molar-refractivity contribution in [3.05, 3.63) is 53.0 Å². The monoisotopic (exact) mass is 363 g/mol. The van der Waals surface area contributed by atoms with Crippen LogP contribution in [-0.2, 0) is 11.9 Å². The number of rotatable bonds is 5. The minimum Gasteiger partial charge on any atom is -0.497 e. The van der Waals surface area contributed by atoms with Crippen molar-refractivity contribution in [2.75, 3.05) is 7.11 Å². The Balaban J connectivity index is 1.77. The molecule has 21 heavy (non-hydrogen) atoms. The van der Waals surface area contributed by atoms with Crippen LogP contribution in [0.5, 0.6) is 11.5 Å². The molecule has 0 saturated heterocycles. The van der Waals surface area contributed by atoms with E-state index < -0.39 is 0 Å². The smallest absolute Gasteiger partial charge is 0.140 e. The van der Waals surface area contributed by atoms with Gasteiger partial charge >= 0.3 is 0 Å². The first-order valence-corrected chi connectivity index (χ1v) is 8.44. The minimum absolute atomic E-state index is 0.478. The summed E-state index contributed by atoms with van der Waals surface area (Å²) in [4.78, 5) is 4.57. The first-order chi connectivity index (χ1) is 10.3. The third-order valence-corrected chi connectivity index (χ3v) is 4.71. The van der Waals surface area contributed by atoms with Crippen LogP contribution in [0.25, 0.3) is 10.2 Å². The molecule has 3 aromatic rings. The second-order valence-corrected chi connectivity index (χ2v) is 6.15. The predicted octanol–water partition coefficient (Wildman–Crippen LogP) is 4.78. The molecule has 0 N–H and O–H groups in total. The number of methoxy groups -OCH3 is 1. The zero-order valence-corrected chi connectivity index (χ0v) is 13.9. The van der Waals surface area contributed by atoms with E-state index in [1.807, 2.05) is 36.4 Å². The fourth-order valence-corrected chi connectivity index (χ4v) is 3.37. The first kappa shape index (κ1) is 14.4. The predicted molar refractivity (Wildman–Crippen MR) is 89.6 cm³/mol. The molecule has 0 saturated carbocycles. The molecule has 5 heteroatoms. The van der Waals surface area contributed by atoms with Crippen LogP contribution in [-0.4, -0.2) is 12.1 Å². The maximum absolute atomic E-state index is 5.91. The van der Waals surface area contributed by atoms with Gasteiger partial charge in [-0.05, 0) is 30.3 Å². The van der Waals surface area contributed by atoms with E-state index in [-0.39, 0.29) is 0 Å². The fourth-order valence-electron chi connectivity index (χ4n) is 2.05.